The molecule has 0 bridgehead atoms. The minimum atomic E-state index is 0.845. The van der Waals surface area contributed by atoms with Crippen molar-refractivity contribution in [3.63, 3.8) is 0 Å². The highest BCUT2D eigenvalue weighted by Crippen LogP contribution is 2.26. The molecule has 0 atom stereocenters. The lowest BCUT2D eigenvalue weighted by molar-refractivity contribution is 0.333. The van der Waals surface area contributed by atoms with Crippen LogP contribution in [0, 0.1) is 5.92 Å². The molecule has 2 N–H and O–H groups in total. The summed E-state index contributed by atoms with van der Waals surface area (Å²) in [5, 5.41) is 6.47. The summed E-state index contributed by atoms with van der Waals surface area (Å²) in [4.78, 5) is 8.84. The Morgan fingerprint density at radius 2 is 2.06 bits per heavy atom. The first-order chi connectivity index (χ1) is 7.81. The second-order valence-corrected chi connectivity index (χ2v) is 4.34. The predicted octanol–water partition coefficient (Wildman–Crippen LogP) is 2.29. The molecule has 1 fully saturated rings. The van der Waals surface area contributed by atoms with Crippen molar-refractivity contribution >= 4 is 11.6 Å². The average Bonchev–Trinajstić information content (AvgIpc) is 2.26. The van der Waals surface area contributed by atoms with Crippen LogP contribution in [0.1, 0.15) is 32.0 Å². The van der Waals surface area contributed by atoms with Gasteiger partial charge in [0.05, 0.1) is 0 Å². The molecule has 1 saturated carbocycles. The van der Waals surface area contributed by atoms with Crippen molar-refractivity contribution in [3.8, 4) is 0 Å². The highest BCUT2D eigenvalue weighted by Gasteiger charge is 2.17. The fourth-order valence-corrected chi connectivity index (χ4v) is 1.82. The maximum absolute atomic E-state index is 4.47. The van der Waals surface area contributed by atoms with Gasteiger partial charge in [-0.2, -0.15) is 0 Å². The first kappa shape index (κ1) is 11.2. The van der Waals surface area contributed by atoms with Crippen LogP contribution in [0.25, 0.3) is 0 Å². The Hall–Kier alpha value is -1.32. The van der Waals surface area contributed by atoms with Crippen molar-refractivity contribution in [2.24, 2.45) is 5.92 Å². The van der Waals surface area contributed by atoms with Crippen LogP contribution >= 0.6 is 0 Å². The van der Waals surface area contributed by atoms with E-state index < -0.39 is 0 Å². The third-order valence-corrected chi connectivity index (χ3v) is 3.14. The van der Waals surface area contributed by atoms with Crippen molar-refractivity contribution in [3.05, 3.63) is 11.9 Å². The molecule has 0 saturated heterocycles. The van der Waals surface area contributed by atoms with Crippen LogP contribution in [0.4, 0.5) is 11.6 Å². The zero-order valence-electron chi connectivity index (χ0n) is 10.1. The fourth-order valence-electron chi connectivity index (χ4n) is 1.82. The smallest absolute Gasteiger partial charge is 0.132 e. The molecule has 2 rings (SSSR count). The molecular weight excluding hydrogens is 200 g/mol. The van der Waals surface area contributed by atoms with E-state index in [0.29, 0.717) is 0 Å². The van der Waals surface area contributed by atoms with Gasteiger partial charge < -0.3 is 10.6 Å². The minimum absolute atomic E-state index is 0.845. The highest BCUT2D eigenvalue weighted by atomic mass is 15.1. The van der Waals surface area contributed by atoms with Gasteiger partial charge >= 0.3 is 0 Å². The minimum Gasteiger partial charge on any atom is -0.373 e. The van der Waals surface area contributed by atoms with Crippen molar-refractivity contribution < 1.29 is 0 Å². The Labute approximate surface area is 96.9 Å². The Morgan fingerprint density at radius 1 is 1.31 bits per heavy atom. The standard InChI is InChI=1S/C12H20N4/c1-3-10-15-11(13-2)7-12(16-10)14-8-9-5-4-6-9/h7,9H,3-6,8H2,1-2H3,(H2,13,14,15,16). The molecule has 0 aliphatic heterocycles. The topological polar surface area (TPSA) is 49.8 Å². The molecular formula is C12H20N4. The molecule has 1 aliphatic rings. The predicted molar refractivity (Wildman–Crippen MR) is 66.8 cm³/mol. The number of anilines is 2. The maximum atomic E-state index is 4.47. The summed E-state index contributed by atoms with van der Waals surface area (Å²) >= 11 is 0. The lowest BCUT2D eigenvalue weighted by Crippen LogP contribution is -2.21. The van der Waals surface area contributed by atoms with E-state index in [1.54, 1.807) is 0 Å². The number of rotatable bonds is 5. The van der Waals surface area contributed by atoms with Crippen LogP contribution in [0.5, 0.6) is 0 Å². The SMILES string of the molecule is CCc1nc(NC)cc(NCC2CCC2)n1. The zero-order chi connectivity index (χ0) is 11.4. The molecule has 4 heteroatoms. The first-order valence-corrected chi connectivity index (χ1v) is 6.11. The molecule has 0 amide bonds. The summed E-state index contributed by atoms with van der Waals surface area (Å²) in [6.45, 7) is 3.12. The molecule has 1 heterocycles. The van der Waals surface area contributed by atoms with Gasteiger partial charge in [0, 0.05) is 26.1 Å². The van der Waals surface area contributed by atoms with E-state index in [1.807, 2.05) is 13.1 Å². The fraction of sp³-hybridized carbons (Fsp3) is 0.667. The van der Waals surface area contributed by atoms with Gasteiger partial charge in [-0.25, -0.2) is 9.97 Å². The molecule has 1 aromatic heterocycles. The number of nitrogens with one attached hydrogen (secondary N) is 2. The maximum Gasteiger partial charge on any atom is 0.132 e. The lowest BCUT2D eigenvalue weighted by Gasteiger charge is -2.25. The van der Waals surface area contributed by atoms with E-state index >= 15 is 0 Å². The molecule has 0 aromatic carbocycles. The van der Waals surface area contributed by atoms with Crippen LogP contribution < -0.4 is 10.6 Å². The van der Waals surface area contributed by atoms with E-state index in [2.05, 4.69) is 27.5 Å². The molecule has 1 aliphatic carbocycles. The largest absolute Gasteiger partial charge is 0.373 e. The van der Waals surface area contributed by atoms with Crippen molar-refractivity contribution in [2.45, 2.75) is 32.6 Å². The third-order valence-electron chi connectivity index (χ3n) is 3.14. The van der Waals surface area contributed by atoms with E-state index in [0.717, 1.165) is 36.3 Å². The summed E-state index contributed by atoms with van der Waals surface area (Å²) in [5.41, 5.74) is 0. The highest BCUT2D eigenvalue weighted by molar-refractivity contribution is 5.47. The van der Waals surface area contributed by atoms with Gasteiger partial charge in [-0.3, -0.25) is 0 Å². The van der Waals surface area contributed by atoms with Gasteiger partial charge in [0.1, 0.15) is 17.5 Å². The zero-order valence-corrected chi connectivity index (χ0v) is 10.1. The average molecular weight is 220 g/mol. The molecule has 0 unspecified atom stereocenters. The number of aryl methyl sites for hydroxylation is 1. The second kappa shape index (κ2) is 5.14. The van der Waals surface area contributed by atoms with E-state index in [1.165, 1.54) is 19.3 Å². The van der Waals surface area contributed by atoms with Gasteiger partial charge in [-0.05, 0) is 18.8 Å². The summed E-state index contributed by atoms with van der Waals surface area (Å²) in [6, 6.07) is 1.97. The van der Waals surface area contributed by atoms with Crippen molar-refractivity contribution in [2.75, 3.05) is 24.2 Å². The molecule has 16 heavy (non-hydrogen) atoms. The molecule has 4 nitrogen and oxygen atoms in total. The van der Waals surface area contributed by atoms with E-state index in [-0.39, 0.29) is 0 Å². The number of nitrogens with zero attached hydrogens (tertiary/aromatic N) is 2. The molecule has 88 valence electrons. The Bertz CT molecular complexity index is 325. The second-order valence-electron chi connectivity index (χ2n) is 4.34. The molecule has 1 aromatic rings. The molecule has 0 spiro atoms. The van der Waals surface area contributed by atoms with Crippen LogP contribution in [-0.2, 0) is 6.42 Å². The summed E-state index contributed by atoms with van der Waals surface area (Å²) in [6.07, 6.45) is 4.97. The Kier molecular flexibility index (Phi) is 3.59. The van der Waals surface area contributed by atoms with Gasteiger partial charge in [-0.15, -0.1) is 0 Å². The number of hydrogen-bond donors (Lipinski definition) is 2. The summed E-state index contributed by atoms with van der Waals surface area (Å²) in [7, 11) is 1.89. The Morgan fingerprint density at radius 3 is 2.62 bits per heavy atom. The summed E-state index contributed by atoms with van der Waals surface area (Å²) in [5.74, 6) is 3.58. The van der Waals surface area contributed by atoms with Gasteiger partial charge in [0.15, 0.2) is 0 Å². The van der Waals surface area contributed by atoms with Crippen molar-refractivity contribution in [1.82, 2.24) is 9.97 Å². The monoisotopic (exact) mass is 220 g/mol. The molecule has 0 radical (unpaired) electrons. The normalized spacial score (nSPS) is 15.6. The van der Waals surface area contributed by atoms with Crippen LogP contribution in [-0.4, -0.2) is 23.6 Å². The van der Waals surface area contributed by atoms with Gasteiger partial charge in [0.2, 0.25) is 0 Å². The first-order valence-electron chi connectivity index (χ1n) is 6.11. The Balaban J connectivity index is 2.00. The van der Waals surface area contributed by atoms with Crippen LogP contribution in [0.3, 0.4) is 0 Å². The number of hydrogen-bond acceptors (Lipinski definition) is 4. The van der Waals surface area contributed by atoms with Crippen molar-refractivity contribution in [1.29, 1.82) is 0 Å². The lowest BCUT2D eigenvalue weighted by atomic mass is 9.85. The van der Waals surface area contributed by atoms with Gasteiger partial charge in [-0.1, -0.05) is 13.3 Å². The van der Waals surface area contributed by atoms with Crippen LogP contribution in [0.15, 0.2) is 6.07 Å². The van der Waals surface area contributed by atoms with Crippen LogP contribution in [0.2, 0.25) is 0 Å². The van der Waals surface area contributed by atoms with Gasteiger partial charge in [0.25, 0.3) is 0 Å². The third kappa shape index (κ3) is 2.62. The summed E-state index contributed by atoms with van der Waals surface area (Å²) < 4.78 is 0. The van der Waals surface area contributed by atoms with E-state index in [9.17, 15) is 0 Å². The quantitative estimate of drug-likeness (QED) is 0.799. The number of aromatic nitrogens is 2. The van der Waals surface area contributed by atoms with E-state index in [4.69, 9.17) is 0 Å².